The number of benzene rings is 1. The van der Waals surface area contributed by atoms with E-state index in [1.807, 2.05) is 30.3 Å². The van der Waals surface area contributed by atoms with Crippen LogP contribution in [0.15, 0.2) is 35.3 Å². The van der Waals surface area contributed by atoms with Gasteiger partial charge in [-0.2, -0.15) is 0 Å². The lowest BCUT2D eigenvalue weighted by Gasteiger charge is -2.13. The number of rotatable bonds is 2. The summed E-state index contributed by atoms with van der Waals surface area (Å²) < 4.78 is 5.25. The van der Waals surface area contributed by atoms with Gasteiger partial charge in [0.1, 0.15) is 12.6 Å². The summed E-state index contributed by atoms with van der Waals surface area (Å²) >= 11 is 0. The average molecular weight is 200 g/mol. The van der Waals surface area contributed by atoms with Crippen LogP contribution in [-0.4, -0.2) is 19.2 Å². The van der Waals surface area contributed by atoms with Gasteiger partial charge in [0.15, 0.2) is 0 Å². The highest BCUT2D eigenvalue weighted by Gasteiger charge is 2.13. The molecule has 1 aromatic rings. The van der Waals surface area contributed by atoms with Gasteiger partial charge in [-0.25, -0.2) is 4.99 Å². The predicted molar refractivity (Wildman–Crippen MR) is 59.4 cm³/mol. The number of terminal acetylenes is 1. The molecule has 0 saturated heterocycles. The van der Waals surface area contributed by atoms with Gasteiger partial charge in [0.25, 0.3) is 6.02 Å². The van der Waals surface area contributed by atoms with E-state index in [1.165, 1.54) is 0 Å². The van der Waals surface area contributed by atoms with Crippen molar-refractivity contribution in [2.45, 2.75) is 6.04 Å². The van der Waals surface area contributed by atoms with Crippen LogP contribution < -0.4 is 5.32 Å². The molecular weight excluding hydrogens is 188 g/mol. The first-order chi connectivity index (χ1) is 7.40. The Morgan fingerprint density at radius 3 is 2.80 bits per heavy atom. The molecule has 0 aliphatic carbocycles. The van der Waals surface area contributed by atoms with Gasteiger partial charge in [-0.15, -0.1) is 6.42 Å². The first kappa shape index (κ1) is 9.60. The lowest BCUT2D eigenvalue weighted by atomic mass is 10.1. The summed E-state index contributed by atoms with van der Waals surface area (Å²) in [7, 11) is 0. The quantitative estimate of drug-likeness (QED) is 0.731. The van der Waals surface area contributed by atoms with Crippen LogP contribution in [0.25, 0.3) is 0 Å². The van der Waals surface area contributed by atoms with E-state index in [9.17, 15) is 0 Å². The molecule has 1 aliphatic heterocycles. The maximum Gasteiger partial charge on any atom is 0.286 e. The van der Waals surface area contributed by atoms with Crippen LogP contribution in [0.3, 0.4) is 0 Å². The van der Waals surface area contributed by atoms with Crippen molar-refractivity contribution in [2.75, 3.05) is 13.2 Å². The van der Waals surface area contributed by atoms with Crippen molar-refractivity contribution in [3.8, 4) is 12.3 Å². The number of amidine groups is 1. The molecule has 1 heterocycles. The number of nitrogens with one attached hydrogen (secondary N) is 1. The Morgan fingerprint density at radius 1 is 1.40 bits per heavy atom. The minimum absolute atomic E-state index is 0.178. The van der Waals surface area contributed by atoms with Gasteiger partial charge in [-0.05, 0) is 5.56 Å². The summed E-state index contributed by atoms with van der Waals surface area (Å²) in [5, 5.41) is 3.07. The summed E-state index contributed by atoms with van der Waals surface area (Å²) in [6.45, 7) is 1.34. The Bertz CT molecular complexity index is 392. The molecule has 0 saturated carbocycles. The Hall–Kier alpha value is -1.95. The largest absolute Gasteiger partial charge is 0.463 e. The summed E-state index contributed by atoms with van der Waals surface area (Å²) in [5.74, 6) is 2.67. The molecule has 0 bridgehead atoms. The minimum atomic E-state index is -0.178. The van der Waals surface area contributed by atoms with E-state index in [1.54, 1.807) is 0 Å². The summed E-state index contributed by atoms with van der Waals surface area (Å²) in [4.78, 5) is 4.14. The van der Waals surface area contributed by atoms with Crippen LogP contribution in [0.4, 0.5) is 0 Å². The molecule has 0 fully saturated rings. The number of hydrogen-bond donors (Lipinski definition) is 1. The zero-order chi connectivity index (χ0) is 10.5. The fourth-order valence-electron chi connectivity index (χ4n) is 1.41. The third-order valence-corrected chi connectivity index (χ3v) is 2.15. The Kier molecular flexibility index (Phi) is 2.89. The van der Waals surface area contributed by atoms with E-state index in [2.05, 4.69) is 16.2 Å². The van der Waals surface area contributed by atoms with Crippen molar-refractivity contribution in [2.24, 2.45) is 4.99 Å². The lowest BCUT2D eigenvalue weighted by molar-refractivity contribution is 0.329. The highest BCUT2D eigenvalue weighted by molar-refractivity contribution is 5.75. The highest BCUT2D eigenvalue weighted by Crippen LogP contribution is 2.11. The smallest absolute Gasteiger partial charge is 0.286 e. The molecule has 1 aromatic carbocycles. The molecule has 1 aliphatic rings. The van der Waals surface area contributed by atoms with Crippen molar-refractivity contribution < 1.29 is 4.74 Å². The second kappa shape index (κ2) is 4.52. The molecule has 0 aromatic heterocycles. The molecule has 0 unspecified atom stereocenters. The molecule has 3 nitrogen and oxygen atoms in total. The summed E-state index contributed by atoms with van der Waals surface area (Å²) in [6.07, 6.45) is 5.46. The Balaban J connectivity index is 2.08. The van der Waals surface area contributed by atoms with Crippen LogP contribution in [0.5, 0.6) is 0 Å². The van der Waals surface area contributed by atoms with Gasteiger partial charge >= 0.3 is 0 Å². The molecule has 1 atom stereocenters. The Labute approximate surface area is 89.2 Å². The van der Waals surface area contributed by atoms with E-state index in [-0.39, 0.29) is 6.04 Å². The van der Waals surface area contributed by atoms with Crippen LogP contribution in [0, 0.1) is 12.3 Å². The molecule has 2 rings (SSSR count). The number of hydrogen-bond acceptors (Lipinski definition) is 3. The van der Waals surface area contributed by atoms with Crippen molar-refractivity contribution in [1.29, 1.82) is 0 Å². The van der Waals surface area contributed by atoms with Crippen LogP contribution in [-0.2, 0) is 4.74 Å². The second-order valence-electron chi connectivity index (χ2n) is 3.19. The van der Waals surface area contributed by atoms with E-state index in [4.69, 9.17) is 11.2 Å². The fraction of sp³-hybridized carbons (Fsp3) is 0.250. The maximum atomic E-state index is 5.46. The molecule has 0 amide bonds. The molecule has 15 heavy (non-hydrogen) atoms. The monoisotopic (exact) mass is 200 g/mol. The molecule has 76 valence electrons. The van der Waals surface area contributed by atoms with E-state index >= 15 is 0 Å². The van der Waals surface area contributed by atoms with E-state index < -0.39 is 0 Å². The first-order valence-corrected chi connectivity index (χ1v) is 4.85. The van der Waals surface area contributed by atoms with E-state index in [0.717, 1.165) is 5.56 Å². The molecule has 0 radical (unpaired) electrons. The van der Waals surface area contributed by atoms with Crippen LogP contribution in [0.1, 0.15) is 11.6 Å². The van der Waals surface area contributed by atoms with Gasteiger partial charge in [-0.1, -0.05) is 36.3 Å². The normalized spacial score (nSPS) is 16.1. The predicted octanol–water partition coefficient (Wildman–Crippen LogP) is 1.34. The van der Waals surface area contributed by atoms with Crippen molar-refractivity contribution in [1.82, 2.24) is 5.32 Å². The number of nitrogens with zero attached hydrogens (tertiary/aromatic N) is 1. The first-order valence-electron chi connectivity index (χ1n) is 4.85. The lowest BCUT2D eigenvalue weighted by Crippen LogP contribution is -2.27. The molecular formula is C12H12N2O. The zero-order valence-electron chi connectivity index (χ0n) is 8.31. The molecule has 1 N–H and O–H groups in total. The van der Waals surface area contributed by atoms with Gasteiger partial charge in [0.2, 0.25) is 0 Å². The summed E-state index contributed by atoms with van der Waals surface area (Å²) in [5.41, 5.74) is 1.04. The third kappa shape index (κ3) is 2.29. The van der Waals surface area contributed by atoms with Crippen molar-refractivity contribution in [3.63, 3.8) is 0 Å². The van der Waals surface area contributed by atoms with Gasteiger partial charge in [0, 0.05) is 0 Å². The van der Waals surface area contributed by atoms with E-state index in [0.29, 0.717) is 19.2 Å². The number of aliphatic imine (C=N–C) groups is 1. The standard InChI is InChI=1S/C12H12N2O/c1-2-11(10-6-4-3-5-7-10)14-12-13-8-9-15-12/h1,3-7,11H,8-9H2,(H,13,14)/t11-/m0/s1. The van der Waals surface area contributed by atoms with Gasteiger partial charge < -0.3 is 10.1 Å². The topological polar surface area (TPSA) is 33.6 Å². The average Bonchev–Trinajstić information content (AvgIpc) is 2.80. The highest BCUT2D eigenvalue weighted by atomic mass is 16.5. The van der Waals surface area contributed by atoms with Gasteiger partial charge in [0.05, 0.1) is 6.54 Å². The van der Waals surface area contributed by atoms with Crippen molar-refractivity contribution in [3.05, 3.63) is 35.9 Å². The van der Waals surface area contributed by atoms with Gasteiger partial charge in [-0.3, -0.25) is 0 Å². The van der Waals surface area contributed by atoms with Crippen molar-refractivity contribution >= 4 is 6.02 Å². The SMILES string of the molecule is C#C[C@H](NC1=NCCO1)c1ccccc1. The second-order valence-corrected chi connectivity index (χ2v) is 3.19. The third-order valence-electron chi connectivity index (χ3n) is 2.15. The minimum Gasteiger partial charge on any atom is -0.463 e. The molecule has 0 spiro atoms. The van der Waals surface area contributed by atoms with Crippen LogP contribution >= 0.6 is 0 Å². The fourth-order valence-corrected chi connectivity index (χ4v) is 1.41. The van der Waals surface area contributed by atoms with Crippen LogP contribution in [0.2, 0.25) is 0 Å². The maximum absolute atomic E-state index is 5.46. The number of ether oxygens (including phenoxy) is 1. The Morgan fingerprint density at radius 2 is 2.20 bits per heavy atom. The summed E-state index contributed by atoms with van der Waals surface area (Å²) in [6, 6.07) is 10.2. The molecule has 3 heteroatoms. The zero-order valence-corrected chi connectivity index (χ0v) is 8.31.